The number of benzene rings is 3. The van der Waals surface area contributed by atoms with Crippen LogP contribution in [0.3, 0.4) is 0 Å². The molecule has 0 aromatic heterocycles. The van der Waals surface area contributed by atoms with Gasteiger partial charge in [0.2, 0.25) is 5.91 Å². The van der Waals surface area contributed by atoms with E-state index in [9.17, 15) is 9.59 Å². The third-order valence-electron chi connectivity index (χ3n) is 5.55. The molecule has 164 valence electrons. The summed E-state index contributed by atoms with van der Waals surface area (Å²) in [7, 11) is 1.80. The molecule has 0 unspecified atom stereocenters. The molecule has 0 saturated heterocycles. The van der Waals surface area contributed by atoms with E-state index in [4.69, 9.17) is 14.1 Å². The summed E-state index contributed by atoms with van der Waals surface area (Å²) in [6, 6.07) is 12.7. The second-order valence-corrected chi connectivity index (χ2v) is 7.52. The van der Waals surface area contributed by atoms with E-state index < -0.39 is 0 Å². The lowest BCUT2D eigenvalue weighted by atomic mass is 10.0. The molecule has 0 atom stereocenters. The number of fused-ring (bicyclic) bond motifs is 4. The SMILES string of the molecule is BCC(=O)NCCOc1ccc2c(=O)cc3oc4cc(N(CC)CC)ccc4nc-3c2c1. The molecule has 1 amide bonds. The van der Waals surface area contributed by atoms with Gasteiger partial charge in [0.25, 0.3) is 0 Å². The molecule has 1 heterocycles. The molecule has 1 N–H and O–H groups in total. The van der Waals surface area contributed by atoms with E-state index in [0.717, 1.165) is 24.3 Å². The highest BCUT2D eigenvalue weighted by Crippen LogP contribution is 2.33. The summed E-state index contributed by atoms with van der Waals surface area (Å²) < 4.78 is 11.9. The number of hydrogen-bond acceptors (Lipinski definition) is 6. The Hall–Kier alpha value is -3.55. The number of ether oxygens (including phenoxy) is 1. The van der Waals surface area contributed by atoms with E-state index in [2.05, 4.69) is 24.1 Å². The molecule has 2 aliphatic rings. The molecule has 0 fully saturated rings. The zero-order valence-corrected chi connectivity index (χ0v) is 18.6. The summed E-state index contributed by atoms with van der Waals surface area (Å²) in [4.78, 5) is 31.1. The van der Waals surface area contributed by atoms with Crippen LogP contribution in [-0.4, -0.2) is 45.0 Å². The second kappa shape index (κ2) is 9.30. The molecule has 0 radical (unpaired) electrons. The first-order chi connectivity index (χ1) is 15.5. The average molecular weight is 431 g/mol. The van der Waals surface area contributed by atoms with Crippen molar-refractivity contribution in [1.29, 1.82) is 0 Å². The first-order valence-electron chi connectivity index (χ1n) is 11.0. The smallest absolute Gasteiger partial charge is 0.212 e. The van der Waals surface area contributed by atoms with Gasteiger partial charge in [-0.25, -0.2) is 4.98 Å². The third kappa shape index (κ3) is 4.26. The molecule has 2 aromatic carbocycles. The van der Waals surface area contributed by atoms with Gasteiger partial charge >= 0.3 is 0 Å². The van der Waals surface area contributed by atoms with Gasteiger partial charge in [0, 0.05) is 41.7 Å². The van der Waals surface area contributed by atoms with E-state index in [1.54, 1.807) is 26.0 Å². The number of nitrogens with one attached hydrogen (secondary N) is 1. The number of carbonyl (C=O) groups excluding carboxylic acids is 1. The van der Waals surface area contributed by atoms with Gasteiger partial charge in [-0.05, 0) is 50.5 Å². The summed E-state index contributed by atoms with van der Waals surface area (Å²) in [5.41, 5.74) is 2.91. The quantitative estimate of drug-likeness (QED) is 0.200. The molecule has 0 bridgehead atoms. The number of hydrogen-bond donors (Lipinski definition) is 1. The number of carbonyl (C=O) groups is 1. The van der Waals surface area contributed by atoms with Gasteiger partial charge < -0.3 is 19.4 Å². The third-order valence-corrected chi connectivity index (χ3v) is 5.55. The predicted octanol–water partition coefficient (Wildman–Crippen LogP) is 2.84. The van der Waals surface area contributed by atoms with Crippen LogP contribution in [0.5, 0.6) is 5.75 Å². The Morgan fingerprint density at radius 2 is 1.94 bits per heavy atom. The zero-order valence-electron chi connectivity index (χ0n) is 18.6. The monoisotopic (exact) mass is 431 g/mol. The molecular weight excluding hydrogens is 405 g/mol. The number of amides is 1. The van der Waals surface area contributed by atoms with Crippen LogP contribution in [0.15, 0.2) is 51.7 Å². The maximum Gasteiger partial charge on any atom is 0.212 e. The molecular formula is C24H26BN3O4. The summed E-state index contributed by atoms with van der Waals surface area (Å²) in [5, 5.41) is 4.02. The second-order valence-electron chi connectivity index (χ2n) is 7.52. The van der Waals surface area contributed by atoms with Gasteiger partial charge in [0.05, 0.1) is 6.54 Å². The maximum absolute atomic E-state index is 12.7. The lowest BCUT2D eigenvalue weighted by Gasteiger charge is -2.21. The Labute approximate surface area is 187 Å². The molecule has 1 aliphatic heterocycles. The van der Waals surface area contributed by atoms with Crippen LogP contribution >= 0.6 is 0 Å². The van der Waals surface area contributed by atoms with Gasteiger partial charge in [-0.15, -0.1) is 0 Å². The Balaban J connectivity index is 1.73. The molecule has 0 spiro atoms. The lowest BCUT2D eigenvalue weighted by molar-refractivity contribution is -0.119. The van der Waals surface area contributed by atoms with Crippen molar-refractivity contribution in [2.45, 2.75) is 20.2 Å². The standard InChI is InChI=1S/C24H26BN3O4/c1-3-28(4-2)15-5-8-19-21(11-15)32-22-13-20(29)17-7-6-16(12-18(17)24(22)27-19)31-10-9-26-23(30)14-25/h5-8,11-13H,3-4,9-10,14,25H2,1-2H3,(H,26,30). The van der Waals surface area contributed by atoms with E-state index in [1.807, 2.05) is 18.2 Å². The zero-order chi connectivity index (χ0) is 22.7. The normalized spacial score (nSPS) is 11.2. The lowest BCUT2D eigenvalue weighted by Crippen LogP contribution is -2.27. The number of aromatic nitrogens is 1. The first kappa shape index (κ1) is 21.7. The van der Waals surface area contributed by atoms with Crippen LogP contribution in [-0.2, 0) is 4.79 Å². The van der Waals surface area contributed by atoms with Crippen LogP contribution in [0.1, 0.15) is 13.8 Å². The fraction of sp³-hybridized carbons (Fsp3) is 0.292. The number of nitrogens with zero attached hydrogens (tertiary/aromatic N) is 2. The maximum atomic E-state index is 12.7. The van der Waals surface area contributed by atoms with Crippen LogP contribution in [0, 0.1) is 0 Å². The average Bonchev–Trinajstić information content (AvgIpc) is 2.81. The van der Waals surface area contributed by atoms with Gasteiger partial charge in [-0.2, -0.15) is 0 Å². The molecule has 7 nitrogen and oxygen atoms in total. The molecule has 0 saturated carbocycles. The van der Waals surface area contributed by atoms with E-state index in [0.29, 0.717) is 53.0 Å². The van der Waals surface area contributed by atoms with E-state index in [1.165, 1.54) is 6.07 Å². The summed E-state index contributed by atoms with van der Waals surface area (Å²) >= 11 is 0. The van der Waals surface area contributed by atoms with Crippen molar-refractivity contribution >= 4 is 41.3 Å². The topological polar surface area (TPSA) is 84.7 Å². The van der Waals surface area contributed by atoms with Crippen molar-refractivity contribution in [1.82, 2.24) is 10.3 Å². The van der Waals surface area contributed by atoms with Crippen molar-refractivity contribution < 1.29 is 13.9 Å². The minimum atomic E-state index is -0.126. The molecule has 32 heavy (non-hydrogen) atoms. The van der Waals surface area contributed by atoms with Gasteiger partial charge in [0.15, 0.2) is 16.8 Å². The molecule has 8 heteroatoms. The van der Waals surface area contributed by atoms with Crippen LogP contribution in [0.2, 0.25) is 6.32 Å². The summed E-state index contributed by atoms with van der Waals surface area (Å²) in [5.74, 6) is 1.03. The summed E-state index contributed by atoms with van der Waals surface area (Å²) in [6.45, 7) is 6.75. The Morgan fingerprint density at radius 3 is 2.69 bits per heavy atom. The van der Waals surface area contributed by atoms with Crippen molar-refractivity contribution in [2.24, 2.45) is 0 Å². The number of rotatable bonds is 8. The van der Waals surface area contributed by atoms with Crippen LogP contribution < -0.4 is 20.4 Å². The molecule has 2 aromatic rings. The largest absolute Gasteiger partial charge is 0.492 e. The van der Waals surface area contributed by atoms with E-state index >= 15 is 0 Å². The van der Waals surface area contributed by atoms with Gasteiger partial charge in [-0.1, -0.05) is 0 Å². The number of anilines is 1. The van der Waals surface area contributed by atoms with Crippen molar-refractivity contribution in [3.05, 3.63) is 52.7 Å². The minimum Gasteiger partial charge on any atom is -0.492 e. The Bertz CT molecular complexity index is 1300. The Kier molecular flexibility index (Phi) is 6.30. The van der Waals surface area contributed by atoms with Gasteiger partial charge in [-0.3, -0.25) is 9.59 Å². The van der Waals surface area contributed by atoms with Gasteiger partial charge in [0.1, 0.15) is 31.4 Å². The Morgan fingerprint density at radius 1 is 1.12 bits per heavy atom. The fourth-order valence-corrected chi connectivity index (χ4v) is 3.80. The highest BCUT2D eigenvalue weighted by Gasteiger charge is 2.17. The van der Waals surface area contributed by atoms with Crippen molar-refractivity contribution in [2.75, 3.05) is 31.1 Å². The first-order valence-corrected chi connectivity index (χ1v) is 11.0. The molecule has 4 rings (SSSR count). The predicted molar refractivity (Wildman–Crippen MR) is 130 cm³/mol. The van der Waals surface area contributed by atoms with Crippen molar-refractivity contribution in [3.63, 3.8) is 0 Å². The van der Waals surface area contributed by atoms with Crippen LogP contribution in [0.25, 0.3) is 33.3 Å². The van der Waals surface area contributed by atoms with E-state index in [-0.39, 0.29) is 11.3 Å². The minimum absolute atomic E-state index is 0.0176. The molecule has 1 aliphatic carbocycles. The summed E-state index contributed by atoms with van der Waals surface area (Å²) in [6.07, 6.45) is 0.438. The highest BCUT2D eigenvalue weighted by atomic mass is 16.5. The van der Waals surface area contributed by atoms with Crippen LogP contribution in [0.4, 0.5) is 5.69 Å². The highest BCUT2D eigenvalue weighted by molar-refractivity contribution is 6.19. The fourth-order valence-electron chi connectivity index (χ4n) is 3.80. The van der Waals surface area contributed by atoms with Crippen molar-refractivity contribution in [3.8, 4) is 17.2 Å².